The van der Waals surface area contributed by atoms with E-state index in [-0.39, 0.29) is 28.3 Å². The number of carbonyl (C=O) groups excluding carboxylic acids is 2. The van der Waals surface area contributed by atoms with Crippen LogP contribution in [0.4, 0.5) is 11.4 Å². The third-order valence-corrected chi connectivity index (χ3v) is 5.37. The average Bonchev–Trinajstić information content (AvgIpc) is 2.61. The lowest BCUT2D eigenvalue weighted by atomic mass is 10.2. The molecule has 2 aromatic rings. The van der Waals surface area contributed by atoms with Gasteiger partial charge in [0.05, 0.1) is 4.90 Å². The van der Waals surface area contributed by atoms with Gasteiger partial charge >= 0.3 is 0 Å². The van der Waals surface area contributed by atoms with Gasteiger partial charge in [0.1, 0.15) is 0 Å². The fourth-order valence-electron chi connectivity index (χ4n) is 2.35. The lowest BCUT2D eigenvalue weighted by Crippen LogP contribution is -2.30. The predicted octanol–water partition coefficient (Wildman–Crippen LogP) is 3.22. The molecule has 0 aliphatic carbocycles. The van der Waals surface area contributed by atoms with E-state index in [2.05, 4.69) is 15.4 Å². The Balaban J connectivity index is 2.18. The Morgan fingerprint density at radius 1 is 0.857 bits per heavy atom. The fraction of sp³-hybridized carbons (Fsp3) is 0.300. The molecule has 0 aromatic heterocycles. The molecule has 3 N–H and O–H groups in total. The van der Waals surface area contributed by atoms with Crippen molar-refractivity contribution in [1.82, 2.24) is 4.72 Å². The van der Waals surface area contributed by atoms with Crippen LogP contribution in [-0.4, -0.2) is 26.3 Å². The van der Waals surface area contributed by atoms with Gasteiger partial charge < -0.3 is 10.6 Å². The average molecular weight is 404 g/mol. The van der Waals surface area contributed by atoms with E-state index in [1.807, 2.05) is 0 Å². The summed E-state index contributed by atoms with van der Waals surface area (Å²) < 4.78 is 27.1. The van der Waals surface area contributed by atoms with Crippen LogP contribution < -0.4 is 15.4 Å². The number of amides is 2. The summed E-state index contributed by atoms with van der Waals surface area (Å²) in [6.07, 6.45) is 0. The quantitative estimate of drug-likeness (QED) is 0.660. The van der Waals surface area contributed by atoms with Crippen molar-refractivity contribution in [3.8, 4) is 0 Å². The summed E-state index contributed by atoms with van der Waals surface area (Å²) in [5, 5.41) is 5.48. The molecule has 2 amide bonds. The maximum absolute atomic E-state index is 12.5. The van der Waals surface area contributed by atoms with E-state index in [9.17, 15) is 18.0 Å². The van der Waals surface area contributed by atoms with Crippen LogP contribution in [0.25, 0.3) is 0 Å². The highest BCUT2D eigenvalue weighted by Crippen LogP contribution is 2.18. The van der Waals surface area contributed by atoms with Gasteiger partial charge in [-0.15, -0.1) is 0 Å². The minimum absolute atomic E-state index is 0.0202. The van der Waals surface area contributed by atoms with Gasteiger partial charge in [0.2, 0.25) is 15.9 Å². The Morgan fingerprint density at radius 3 is 2.07 bits per heavy atom. The van der Waals surface area contributed by atoms with E-state index in [1.54, 1.807) is 52.0 Å². The number of carbonyl (C=O) groups is 2. The van der Waals surface area contributed by atoms with Crippen molar-refractivity contribution < 1.29 is 18.0 Å². The molecule has 0 spiro atoms. The monoisotopic (exact) mass is 403 g/mol. The van der Waals surface area contributed by atoms with Gasteiger partial charge in [0.25, 0.3) is 5.91 Å². The number of rotatable bonds is 7. The molecule has 0 saturated heterocycles. The van der Waals surface area contributed by atoms with Gasteiger partial charge in [0.15, 0.2) is 0 Å². The van der Waals surface area contributed by atoms with E-state index in [4.69, 9.17) is 0 Å². The molecular weight excluding hydrogens is 378 g/mol. The zero-order valence-corrected chi connectivity index (χ0v) is 17.1. The molecule has 0 bridgehead atoms. The summed E-state index contributed by atoms with van der Waals surface area (Å²) in [5.74, 6) is -0.740. The minimum atomic E-state index is -3.69. The summed E-state index contributed by atoms with van der Waals surface area (Å²) in [6, 6.07) is 12.3. The van der Waals surface area contributed by atoms with Crippen LogP contribution in [-0.2, 0) is 14.8 Å². The number of sulfonamides is 1. The van der Waals surface area contributed by atoms with E-state index in [0.717, 1.165) is 0 Å². The van der Waals surface area contributed by atoms with Gasteiger partial charge in [-0.3, -0.25) is 9.59 Å². The molecule has 150 valence electrons. The Kier molecular flexibility index (Phi) is 6.93. The van der Waals surface area contributed by atoms with E-state index < -0.39 is 15.9 Å². The van der Waals surface area contributed by atoms with E-state index >= 15 is 0 Å². The van der Waals surface area contributed by atoms with Crippen LogP contribution in [0.2, 0.25) is 0 Å². The number of hydrogen-bond donors (Lipinski definition) is 3. The summed E-state index contributed by atoms with van der Waals surface area (Å²) in [5.41, 5.74) is 1.26. The maximum atomic E-state index is 12.5. The highest BCUT2D eigenvalue weighted by molar-refractivity contribution is 7.89. The van der Waals surface area contributed by atoms with Gasteiger partial charge in [-0.2, -0.15) is 0 Å². The largest absolute Gasteiger partial charge is 0.326 e. The van der Waals surface area contributed by atoms with Crippen molar-refractivity contribution in [2.75, 3.05) is 10.6 Å². The first-order valence-electron chi connectivity index (χ1n) is 8.93. The second-order valence-corrected chi connectivity index (χ2v) is 8.70. The number of hydrogen-bond acceptors (Lipinski definition) is 4. The smallest absolute Gasteiger partial charge is 0.255 e. The molecule has 0 fully saturated rings. The van der Waals surface area contributed by atoms with Crippen LogP contribution in [0, 0.1) is 5.92 Å². The summed E-state index contributed by atoms with van der Waals surface area (Å²) >= 11 is 0. The lowest BCUT2D eigenvalue weighted by Gasteiger charge is -2.12. The molecule has 2 rings (SSSR count). The lowest BCUT2D eigenvalue weighted by molar-refractivity contribution is -0.118. The summed E-state index contributed by atoms with van der Waals surface area (Å²) in [7, 11) is -3.69. The number of nitrogens with one attached hydrogen (secondary N) is 3. The number of anilines is 2. The van der Waals surface area contributed by atoms with Gasteiger partial charge in [-0.05, 0) is 50.2 Å². The van der Waals surface area contributed by atoms with Gasteiger partial charge in [-0.1, -0.05) is 26.0 Å². The van der Waals surface area contributed by atoms with E-state index in [1.165, 1.54) is 24.3 Å². The zero-order valence-electron chi connectivity index (χ0n) is 16.3. The molecule has 0 heterocycles. The molecule has 0 aliphatic rings. The molecule has 28 heavy (non-hydrogen) atoms. The molecule has 0 saturated carbocycles. The second kappa shape index (κ2) is 8.99. The summed E-state index contributed by atoms with van der Waals surface area (Å²) in [4.78, 5) is 24.4. The van der Waals surface area contributed by atoms with Crippen LogP contribution in [0.15, 0.2) is 53.4 Å². The molecule has 2 aromatic carbocycles. The maximum Gasteiger partial charge on any atom is 0.255 e. The van der Waals surface area contributed by atoms with Crippen molar-refractivity contribution in [3.05, 3.63) is 54.1 Å². The molecule has 7 nitrogen and oxygen atoms in total. The normalized spacial score (nSPS) is 11.5. The Hall–Kier alpha value is -2.71. The van der Waals surface area contributed by atoms with Crippen molar-refractivity contribution >= 4 is 33.2 Å². The van der Waals surface area contributed by atoms with Crippen LogP contribution in [0.3, 0.4) is 0 Å². The Bertz CT molecular complexity index is 969. The first-order chi connectivity index (χ1) is 13.1. The molecule has 8 heteroatoms. The molecule has 0 atom stereocenters. The molecular formula is C20H25N3O4S. The highest BCUT2D eigenvalue weighted by atomic mass is 32.2. The highest BCUT2D eigenvalue weighted by Gasteiger charge is 2.17. The van der Waals surface area contributed by atoms with Crippen molar-refractivity contribution in [1.29, 1.82) is 0 Å². The number of benzene rings is 2. The van der Waals surface area contributed by atoms with Crippen molar-refractivity contribution in [3.63, 3.8) is 0 Å². The molecule has 0 unspecified atom stereocenters. The third kappa shape index (κ3) is 5.90. The van der Waals surface area contributed by atoms with Crippen molar-refractivity contribution in [2.45, 2.75) is 38.6 Å². The molecule has 0 aliphatic heterocycles. The second-order valence-electron chi connectivity index (χ2n) is 6.98. The fourth-order valence-corrected chi connectivity index (χ4v) is 3.64. The third-order valence-electron chi connectivity index (χ3n) is 3.71. The first kappa shape index (κ1) is 21.6. The van der Waals surface area contributed by atoms with Crippen molar-refractivity contribution in [2.24, 2.45) is 5.92 Å². The molecule has 0 radical (unpaired) electrons. The van der Waals surface area contributed by atoms with Crippen LogP contribution in [0.5, 0.6) is 0 Å². The topological polar surface area (TPSA) is 104 Å². The standard InChI is InChI=1S/C20H25N3O4S/c1-13(2)19(24)21-16-8-6-9-17(12-16)22-20(25)15-7-5-10-18(11-15)28(26,27)23-14(3)4/h5-14,23H,1-4H3,(H,21,24)(H,22,25). The first-order valence-corrected chi connectivity index (χ1v) is 10.4. The Labute approximate surface area is 165 Å². The van der Waals surface area contributed by atoms with Gasteiger partial charge in [0, 0.05) is 28.9 Å². The van der Waals surface area contributed by atoms with E-state index in [0.29, 0.717) is 11.4 Å². The summed E-state index contributed by atoms with van der Waals surface area (Å²) in [6.45, 7) is 7.02. The van der Waals surface area contributed by atoms with Crippen LogP contribution in [0.1, 0.15) is 38.1 Å². The SMILES string of the molecule is CC(C)NS(=O)(=O)c1cccc(C(=O)Nc2cccc(NC(=O)C(C)C)c2)c1. The van der Waals surface area contributed by atoms with Crippen LogP contribution >= 0.6 is 0 Å². The zero-order chi connectivity index (χ0) is 20.9. The predicted molar refractivity (Wildman–Crippen MR) is 110 cm³/mol. The van der Waals surface area contributed by atoms with Gasteiger partial charge in [-0.25, -0.2) is 13.1 Å². The Morgan fingerprint density at radius 2 is 1.46 bits per heavy atom. The minimum Gasteiger partial charge on any atom is -0.326 e.